The van der Waals surface area contributed by atoms with Gasteiger partial charge in [0.1, 0.15) is 23.7 Å². The van der Waals surface area contributed by atoms with Gasteiger partial charge in [-0.1, -0.05) is 0 Å². The first-order valence-electron chi connectivity index (χ1n) is 11.7. The summed E-state index contributed by atoms with van der Waals surface area (Å²) in [6.45, 7) is 0. The monoisotopic (exact) mass is 832 g/mol. The lowest BCUT2D eigenvalue weighted by Crippen LogP contribution is -1.96. The zero-order chi connectivity index (χ0) is 28.2. The summed E-state index contributed by atoms with van der Waals surface area (Å²) in [5, 5.41) is 20.6. The van der Waals surface area contributed by atoms with Gasteiger partial charge in [-0.15, -0.1) is 22.7 Å². The summed E-state index contributed by atoms with van der Waals surface area (Å²) in [7, 11) is 0. The zero-order valence-electron chi connectivity index (χ0n) is 20.4. The van der Waals surface area contributed by atoms with Crippen LogP contribution in [-0.4, -0.2) is 10.2 Å². The van der Waals surface area contributed by atoms with Crippen LogP contribution >= 0.6 is 86.4 Å². The van der Waals surface area contributed by atoms with Crippen LogP contribution in [0, 0.1) is 0 Å². The Balaban J connectivity index is 0.000000162. The van der Waals surface area contributed by atoms with Crippen molar-refractivity contribution in [2.45, 2.75) is 25.0 Å². The fraction of sp³-hybridized carbons (Fsp3) is 0.143. The number of furan rings is 4. The standard InChI is InChI=1S/C14H10Br2O4S.C14H10Br2O2S/c15-7-3-5-19-13(7)11(17)9-1-2-10(21-9)12(18)14-8(16)4-6-20-14;15-11-3-5-17-13(11)7-9-1-2-10(19-9)8-14-12(16)4-6-18-14/h1-6,11-12,17-18H;1-6H,7-8H2. The van der Waals surface area contributed by atoms with Crippen LogP contribution in [0.25, 0.3) is 0 Å². The van der Waals surface area contributed by atoms with Gasteiger partial charge in [-0.05, 0) is 112 Å². The highest BCUT2D eigenvalue weighted by Gasteiger charge is 2.23. The fourth-order valence-corrected chi connectivity index (χ4v) is 7.27. The van der Waals surface area contributed by atoms with Gasteiger partial charge in [0, 0.05) is 32.4 Å². The Morgan fingerprint density at radius 3 is 1.27 bits per heavy atom. The average molecular weight is 836 g/mol. The first-order valence-corrected chi connectivity index (χ1v) is 16.5. The third-order valence-corrected chi connectivity index (χ3v) is 10.7. The molecule has 6 heterocycles. The lowest BCUT2D eigenvalue weighted by Gasteiger charge is -2.07. The van der Waals surface area contributed by atoms with Gasteiger partial charge in [-0.25, -0.2) is 0 Å². The number of thiophene rings is 2. The third kappa shape index (κ3) is 7.04. The molecule has 0 spiro atoms. The molecule has 40 heavy (non-hydrogen) atoms. The molecule has 0 aliphatic carbocycles. The summed E-state index contributed by atoms with van der Waals surface area (Å²) < 4.78 is 24.9. The highest BCUT2D eigenvalue weighted by molar-refractivity contribution is 9.11. The Labute approximate surface area is 271 Å². The van der Waals surface area contributed by atoms with Crippen molar-refractivity contribution < 1.29 is 27.9 Å². The van der Waals surface area contributed by atoms with Crippen molar-refractivity contribution in [2.75, 3.05) is 0 Å². The molecule has 2 unspecified atom stereocenters. The van der Waals surface area contributed by atoms with Gasteiger partial charge in [-0.2, -0.15) is 0 Å². The largest absolute Gasteiger partial charge is 0.468 e. The Bertz CT molecular complexity index is 1550. The molecule has 0 radical (unpaired) electrons. The van der Waals surface area contributed by atoms with Crippen LogP contribution in [0.4, 0.5) is 0 Å². The lowest BCUT2D eigenvalue weighted by atomic mass is 10.2. The molecular weight excluding hydrogens is 816 g/mol. The number of hydrogen-bond donors (Lipinski definition) is 2. The van der Waals surface area contributed by atoms with Crippen molar-refractivity contribution in [1.82, 2.24) is 0 Å². The molecule has 208 valence electrons. The molecule has 0 aromatic carbocycles. The molecule has 0 amide bonds. The zero-order valence-corrected chi connectivity index (χ0v) is 28.3. The number of rotatable bonds is 8. The van der Waals surface area contributed by atoms with Gasteiger partial charge < -0.3 is 27.9 Å². The summed E-state index contributed by atoms with van der Waals surface area (Å²) in [6, 6.07) is 15.1. The molecule has 0 bridgehead atoms. The maximum atomic E-state index is 10.3. The highest BCUT2D eigenvalue weighted by Crippen LogP contribution is 2.38. The molecule has 6 rings (SSSR count). The first-order chi connectivity index (χ1) is 19.3. The van der Waals surface area contributed by atoms with E-state index in [9.17, 15) is 10.2 Å². The maximum Gasteiger partial charge on any atom is 0.151 e. The van der Waals surface area contributed by atoms with Gasteiger partial charge >= 0.3 is 0 Å². The van der Waals surface area contributed by atoms with Gasteiger partial charge in [0.05, 0.1) is 42.9 Å². The Hall–Kier alpha value is -1.64. The number of aliphatic hydroxyl groups excluding tert-OH is 2. The van der Waals surface area contributed by atoms with Crippen molar-refractivity contribution in [1.29, 1.82) is 0 Å². The van der Waals surface area contributed by atoms with Crippen molar-refractivity contribution in [3.05, 3.63) is 134 Å². The molecule has 0 saturated heterocycles. The summed E-state index contributed by atoms with van der Waals surface area (Å²) in [5.41, 5.74) is 0. The van der Waals surface area contributed by atoms with E-state index in [1.54, 1.807) is 48.1 Å². The van der Waals surface area contributed by atoms with Crippen molar-refractivity contribution in [3.63, 3.8) is 0 Å². The molecule has 2 N–H and O–H groups in total. The lowest BCUT2D eigenvalue weighted by molar-refractivity contribution is 0.191. The molecule has 6 aromatic rings. The Morgan fingerprint density at radius 2 is 0.925 bits per heavy atom. The van der Waals surface area contributed by atoms with E-state index in [0.29, 0.717) is 30.2 Å². The normalized spacial score (nSPS) is 12.8. The van der Waals surface area contributed by atoms with Gasteiger partial charge in [0.2, 0.25) is 0 Å². The predicted octanol–water partition coefficient (Wildman–Crippen LogP) is 10.3. The van der Waals surface area contributed by atoms with E-state index < -0.39 is 12.2 Å². The van der Waals surface area contributed by atoms with Crippen molar-refractivity contribution >= 4 is 86.4 Å². The van der Waals surface area contributed by atoms with E-state index in [2.05, 4.69) is 75.9 Å². The van der Waals surface area contributed by atoms with Gasteiger partial charge in [0.15, 0.2) is 11.5 Å². The fourth-order valence-electron chi connectivity index (χ4n) is 3.75. The van der Waals surface area contributed by atoms with Crippen LogP contribution in [0.5, 0.6) is 0 Å². The topological polar surface area (TPSA) is 93.0 Å². The smallest absolute Gasteiger partial charge is 0.151 e. The number of hydrogen-bond acceptors (Lipinski definition) is 8. The van der Waals surface area contributed by atoms with E-state index in [-0.39, 0.29) is 0 Å². The number of aliphatic hydroxyl groups is 2. The van der Waals surface area contributed by atoms with Crippen molar-refractivity contribution in [2.24, 2.45) is 0 Å². The molecule has 0 saturated carbocycles. The second-order valence-electron chi connectivity index (χ2n) is 8.42. The molecule has 2 atom stereocenters. The molecule has 0 aliphatic rings. The van der Waals surface area contributed by atoms with Crippen LogP contribution in [0.1, 0.15) is 54.8 Å². The molecule has 12 heteroatoms. The van der Waals surface area contributed by atoms with E-state index >= 15 is 0 Å². The summed E-state index contributed by atoms with van der Waals surface area (Å²) >= 11 is 16.7. The Kier molecular flexibility index (Phi) is 10.1. The SMILES string of the molecule is Brc1ccoc1Cc1ccc(Cc2occc2Br)s1.OC(c1ccc(C(O)c2occc2Br)s1)c1occc1Br. The second-order valence-corrected chi connectivity index (χ2v) is 14.2. The summed E-state index contributed by atoms with van der Waals surface area (Å²) in [6.07, 6.45) is 6.30. The van der Waals surface area contributed by atoms with Crippen LogP contribution in [-0.2, 0) is 12.8 Å². The molecule has 0 fully saturated rings. The maximum absolute atomic E-state index is 10.3. The minimum absolute atomic E-state index is 0.442. The second kappa shape index (κ2) is 13.6. The van der Waals surface area contributed by atoms with Crippen LogP contribution in [0.15, 0.2) is 109 Å². The molecular formula is C28H20Br4O6S2. The minimum Gasteiger partial charge on any atom is -0.468 e. The first kappa shape index (κ1) is 29.8. The molecule has 0 aliphatic heterocycles. The predicted molar refractivity (Wildman–Crippen MR) is 168 cm³/mol. The quantitative estimate of drug-likeness (QED) is 0.159. The van der Waals surface area contributed by atoms with Gasteiger partial charge in [0.25, 0.3) is 0 Å². The summed E-state index contributed by atoms with van der Waals surface area (Å²) in [5.74, 6) is 2.81. The molecule has 6 aromatic heterocycles. The van der Waals surface area contributed by atoms with E-state index in [4.69, 9.17) is 17.7 Å². The van der Waals surface area contributed by atoms with Crippen molar-refractivity contribution in [3.8, 4) is 0 Å². The van der Waals surface area contributed by atoms with Crippen LogP contribution in [0.3, 0.4) is 0 Å². The minimum atomic E-state index is -0.875. The van der Waals surface area contributed by atoms with E-state index in [1.165, 1.54) is 33.6 Å². The Morgan fingerprint density at radius 1 is 0.525 bits per heavy atom. The van der Waals surface area contributed by atoms with Crippen LogP contribution in [0.2, 0.25) is 0 Å². The molecule has 6 nitrogen and oxygen atoms in total. The van der Waals surface area contributed by atoms with E-state index in [0.717, 1.165) is 33.3 Å². The van der Waals surface area contributed by atoms with E-state index in [1.807, 2.05) is 12.1 Å². The van der Waals surface area contributed by atoms with Crippen LogP contribution < -0.4 is 0 Å². The van der Waals surface area contributed by atoms with Gasteiger partial charge in [-0.3, -0.25) is 0 Å². The highest BCUT2D eigenvalue weighted by atomic mass is 79.9. The average Bonchev–Trinajstić information content (AvgIpc) is 3.76. The summed E-state index contributed by atoms with van der Waals surface area (Å²) in [4.78, 5) is 3.94. The number of halogens is 4. The third-order valence-electron chi connectivity index (χ3n) is 5.74.